The summed E-state index contributed by atoms with van der Waals surface area (Å²) >= 11 is 1.31. The van der Waals surface area contributed by atoms with Crippen LogP contribution in [0.2, 0.25) is 0 Å². The van der Waals surface area contributed by atoms with Crippen LogP contribution in [-0.4, -0.2) is 45.9 Å². The Morgan fingerprint density at radius 2 is 1.93 bits per heavy atom. The third kappa shape index (κ3) is 5.55. The number of hydrogen-bond donors (Lipinski definition) is 1. The molecule has 7 nitrogen and oxygen atoms in total. The lowest BCUT2D eigenvalue weighted by Gasteiger charge is -2.10. The van der Waals surface area contributed by atoms with Crippen LogP contribution in [0, 0.1) is 6.92 Å². The monoisotopic (exact) mass is 424 g/mol. The van der Waals surface area contributed by atoms with E-state index in [0.29, 0.717) is 29.6 Å². The fourth-order valence-electron chi connectivity index (χ4n) is 2.92. The second-order valence-corrected chi connectivity index (χ2v) is 7.74. The van der Waals surface area contributed by atoms with Gasteiger partial charge in [-0.25, -0.2) is 0 Å². The molecule has 0 unspecified atom stereocenters. The van der Waals surface area contributed by atoms with Gasteiger partial charge in [-0.15, -0.1) is 10.2 Å². The number of hydrogen-bond acceptors (Lipinski definition) is 6. The topological polar surface area (TPSA) is 86.1 Å². The van der Waals surface area contributed by atoms with Crippen molar-refractivity contribution in [2.75, 3.05) is 24.8 Å². The molecule has 0 aliphatic carbocycles. The van der Waals surface area contributed by atoms with E-state index in [1.165, 1.54) is 18.7 Å². The van der Waals surface area contributed by atoms with E-state index in [0.717, 1.165) is 17.0 Å². The highest BCUT2D eigenvalue weighted by atomic mass is 32.2. The highest BCUT2D eigenvalue weighted by molar-refractivity contribution is 7.99. The van der Waals surface area contributed by atoms with Crippen LogP contribution in [0.15, 0.2) is 53.7 Å². The van der Waals surface area contributed by atoms with Gasteiger partial charge in [-0.2, -0.15) is 0 Å². The molecular formula is C22H24N4O3S. The summed E-state index contributed by atoms with van der Waals surface area (Å²) in [4.78, 5) is 23.9. The highest BCUT2D eigenvalue weighted by Crippen LogP contribution is 2.25. The lowest BCUT2D eigenvalue weighted by molar-refractivity contribution is -0.113. The van der Waals surface area contributed by atoms with Gasteiger partial charge in [0.15, 0.2) is 16.8 Å². The average molecular weight is 425 g/mol. The van der Waals surface area contributed by atoms with Crippen LogP contribution in [-0.2, 0) is 16.1 Å². The number of Topliss-reactive ketones (excluding diaryl/α,β-unsaturated/α-hetero) is 1. The molecule has 156 valence electrons. The minimum absolute atomic E-state index is 0.0459. The zero-order valence-electron chi connectivity index (χ0n) is 17.2. The first-order chi connectivity index (χ1) is 14.5. The molecule has 0 saturated heterocycles. The minimum Gasteiger partial charge on any atom is -0.383 e. The van der Waals surface area contributed by atoms with Crippen LogP contribution in [0.25, 0.3) is 11.4 Å². The molecule has 3 rings (SSSR count). The molecule has 0 spiro atoms. The SMILES string of the molecule is COCCn1c(SCC(=O)Nc2cccc(C(C)=O)c2)nnc1-c1cccc(C)c1. The third-order valence-electron chi connectivity index (χ3n) is 4.40. The van der Waals surface area contributed by atoms with Gasteiger partial charge < -0.3 is 10.1 Å². The number of benzene rings is 2. The quantitative estimate of drug-likeness (QED) is 0.415. The van der Waals surface area contributed by atoms with Crippen molar-refractivity contribution >= 4 is 29.1 Å². The number of nitrogens with zero attached hydrogens (tertiary/aromatic N) is 3. The largest absolute Gasteiger partial charge is 0.383 e. The number of amides is 1. The fraction of sp³-hybridized carbons (Fsp3) is 0.273. The molecule has 1 amide bonds. The summed E-state index contributed by atoms with van der Waals surface area (Å²) in [7, 11) is 1.64. The maximum atomic E-state index is 12.4. The van der Waals surface area contributed by atoms with Crippen LogP contribution in [0.3, 0.4) is 0 Å². The van der Waals surface area contributed by atoms with Gasteiger partial charge in [0.2, 0.25) is 5.91 Å². The molecule has 30 heavy (non-hydrogen) atoms. The first-order valence-corrected chi connectivity index (χ1v) is 10.5. The van der Waals surface area contributed by atoms with Gasteiger partial charge in [0.05, 0.1) is 18.9 Å². The normalized spacial score (nSPS) is 10.8. The van der Waals surface area contributed by atoms with Crippen molar-refractivity contribution in [2.45, 2.75) is 25.5 Å². The highest BCUT2D eigenvalue weighted by Gasteiger charge is 2.16. The number of methoxy groups -OCH3 is 1. The third-order valence-corrected chi connectivity index (χ3v) is 5.36. The number of nitrogens with one attached hydrogen (secondary N) is 1. The van der Waals surface area contributed by atoms with Gasteiger partial charge in [0, 0.05) is 23.9 Å². The number of ketones is 1. The van der Waals surface area contributed by atoms with Crippen molar-refractivity contribution in [3.05, 3.63) is 59.7 Å². The summed E-state index contributed by atoms with van der Waals surface area (Å²) in [5.41, 5.74) is 3.25. The lowest BCUT2D eigenvalue weighted by atomic mass is 10.1. The number of rotatable bonds is 9. The molecule has 1 aromatic heterocycles. The Hall–Kier alpha value is -2.97. The van der Waals surface area contributed by atoms with Crippen molar-refractivity contribution in [1.82, 2.24) is 14.8 Å². The molecule has 0 aliphatic heterocycles. The molecule has 0 radical (unpaired) electrons. The molecule has 0 saturated carbocycles. The van der Waals surface area contributed by atoms with Crippen LogP contribution >= 0.6 is 11.8 Å². The summed E-state index contributed by atoms with van der Waals surface area (Å²) in [6.07, 6.45) is 0. The summed E-state index contributed by atoms with van der Waals surface area (Å²) in [5, 5.41) is 12.1. The second-order valence-electron chi connectivity index (χ2n) is 6.79. The van der Waals surface area contributed by atoms with E-state index in [2.05, 4.69) is 21.6 Å². The van der Waals surface area contributed by atoms with Crippen LogP contribution in [0.4, 0.5) is 5.69 Å². The van der Waals surface area contributed by atoms with E-state index in [1.54, 1.807) is 31.4 Å². The van der Waals surface area contributed by atoms with Crippen LogP contribution in [0.5, 0.6) is 0 Å². The Morgan fingerprint density at radius 1 is 1.13 bits per heavy atom. The van der Waals surface area contributed by atoms with E-state index in [1.807, 2.05) is 29.7 Å². The molecule has 0 atom stereocenters. The number of aryl methyl sites for hydroxylation is 1. The van der Waals surface area contributed by atoms with Gasteiger partial charge in [-0.05, 0) is 32.0 Å². The number of thioether (sulfide) groups is 1. The van der Waals surface area contributed by atoms with E-state index in [4.69, 9.17) is 4.74 Å². The van der Waals surface area contributed by atoms with Crippen molar-refractivity contribution in [1.29, 1.82) is 0 Å². The van der Waals surface area contributed by atoms with Crippen molar-refractivity contribution in [2.24, 2.45) is 0 Å². The zero-order valence-corrected chi connectivity index (χ0v) is 18.0. The number of anilines is 1. The Bertz CT molecular complexity index is 1050. The predicted octanol–water partition coefficient (Wildman–Crippen LogP) is 3.83. The predicted molar refractivity (Wildman–Crippen MR) is 118 cm³/mol. The van der Waals surface area contributed by atoms with E-state index >= 15 is 0 Å². The van der Waals surface area contributed by atoms with Crippen molar-refractivity contribution in [3.63, 3.8) is 0 Å². The zero-order chi connectivity index (χ0) is 21.5. The van der Waals surface area contributed by atoms with E-state index < -0.39 is 0 Å². The Kier molecular flexibility index (Phi) is 7.37. The Balaban J connectivity index is 1.72. The maximum absolute atomic E-state index is 12.4. The molecule has 0 bridgehead atoms. The standard InChI is InChI=1S/C22H24N4O3S/c1-15-6-4-8-18(12-15)21-24-25-22(26(21)10-11-29-3)30-14-20(28)23-19-9-5-7-17(13-19)16(2)27/h4-9,12-13H,10-11,14H2,1-3H3,(H,23,28). The van der Waals surface area contributed by atoms with Gasteiger partial charge in [-0.3, -0.25) is 14.2 Å². The van der Waals surface area contributed by atoms with E-state index in [9.17, 15) is 9.59 Å². The van der Waals surface area contributed by atoms with Crippen LogP contribution in [0.1, 0.15) is 22.8 Å². The molecule has 8 heteroatoms. The smallest absolute Gasteiger partial charge is 0.234 e. The second kappa shape index (κ2) is 10.2. The molecular weight excluding hydrogens is 400 g/mol. The van der Waals surface area contributed by atoms with Crippen molar-refractivity contribution < 1.29 is 14.3 Å². The van der Waals surface area contributed by atoms with Gasteiger partial charge in [-0.1, -0.05) is 47.7 Å². The molecule has 1 N–H and O–H groups in total. The lowest BCUT2D eigenvalue weighted by Crippen LogP contribution is -2.15. The first kappa shape index (κ1) is 21.7. The number of carbonyl (C=O) groups excluding carboxylic acids is 2. The minimum atomic E-state index is -0.181. The fourth-order valence-corrected chi connectivity index (χ4v) is 3.68. The Morgan fingerprint density at radius 3 is 2.67 bits per heavy atom. The average Bonchev–Trinajstić information content (AvgIpc) is 3.13. The molecule has 0 aliphatic rings. The number of carbonyl (C=O) groups is 2. The number of aromatic nitrogens is 3. The summed E-state index contributed by atoms with van der Waals surface area (Å²) < 4.78 is 7.19. The summed E-state index contributed by atoms with van der Waals surface area (Å²) in [5.74, 6) is 0.686. The van der Waals surface area contributed by atoms with Gasteiger partial charge in [0.1, 0.15) is 0 Å². The summed E-state index contributed by atoms with van der Waals surface area (Å²) in [6.45, 7) is 4.61. The van der Waals surface area contributed by atoms with Gasteiger partial charge in [0.25, 0.3) is 0 Å². The maximum Gasteiger partial charge on any atom is 0.234 e. The molecule has 0 fully saturated rings. The number of ether oxygens (including phenoxy) is 1. The molecule has 1 heterocycles. The Labute approximate surface area is 179 Å². The molecule has 3 aromatic rings. The molecule has 2 aromatic carbocycles. The van der Waals surface area contributed by atoms with Crippen molar-refractivity contribution in [3.8, 4) is 11.4 Å². The summed E-state index contributed by atoms with van der Waals surface area (Å²) in [6, 6.07) is 14.9. The van der Waals surface area contributed by atoms with E-state index in [-0.39, 0.29) is 17.4 Å². The van der Waals surface area contributed by atoms with Gasteiger partial charge >= 0.3 is 0 Å². The first-order valence-electron chi connectivity index (χ1n) is 9.50. The van der Waals surface area contributed by atoms with Crippen LogP contribution < -0.4 is 5.32 Å².